The number of hydrogen-bond donors (Lipinski definition) is 2. The predicted octanol–water partition coefficient (Wildman–Crippen LogP) is 3.13. The molecule has 200 valence electrons. The average molecular weight is 533 g/mol. The van der Waals surface area contributed by atoms with E-state index >= 15 is 0 Å². The van der Waals surface area contributed by atoms with E-state index in [2.05, 4.69) is 30.5 Å². The van der Waals surface area contributed by atoms with Crippen molar-refractivity contribution in [3.8, 4) is 17.1 Å². The molecule has 10 nitrogen and oxygen atoms in total. The van der Waals surface area contributed by atoms with Crippen molar-refractivity contribution in [2.24, 2.45) is 5.92 Å². The van der Waals surface area contributed by atoms with Crippen LogP contribution in [0, 0.1) is 11.7 Å². The number of alkyl halides is 3. The van der Waals surface area contributed by atoms with Crippen molar-refractivity contribution < 1.29 is 31.9 Å². The highest BCUT2D eigenvalue weighted by molar-refractivity contribution is 5.94. The summed E-state index contributed by atoms with van der Waals surface area (Å²) in [4.78, 5) is 39.0. The molecule has 4 heterocycles. The van der Waals surface area contributed by atoms with Crippen molar-refractivity contribution in [2.75, 3.05) is 13.7 Å². The fraction of sp³-hybridized carbons (Fsp3) is 0.417. The van der Waals surface area contributed by atoms with E-state index < -0.39 is 23.1 Å². The number of ether oxygens (including phenoxy) is 1. The molecule has 2 amide bonds. The van der Waals surface area contributed by atoms with E-state index in [4.69, 9.17) is 4.74 Å². The lowest BCUT2D eigenvalue weighted by molar-refractivity contribution is -0.138. The number of pyridine rings is 1. The molecule has 0 aromatic carbocycles. The highest BCUT2D eigenvalue weighted by atomic mass is 19.4. The summed E-state index contributed by atoms with van der Waals surface area (Å²) < 4.78 is 57.3. The van der Waals surface area contributed by atoms with Gasteiger partial charge in [0, 0.05) is 42.0 Å². The molecule has 2 aliphatic rings. The first-order valence-electron chi connectivity index (χ1n) is 11.8. The zero-order chi connectivity index (χ0) is 27.1. The second-order valence-corrected chi connectivity index (χ2v) is 9.35. The third-order valence-electron chi connectivity index (χ3n) is 6.92. The zero-order valence-electron chi connectivity index (χ0n) is 20.2. The molecule has 2 fully saturated rings. The fourth-order valence-electron chi connectivity index (χ4n) is 4.70. The van der Waals surface area contributed by atoms with Gasteiger partial charge in [0.1, 0.15) is 11.5 Å². The molecule has 3 aromatic heterocycles. The standard InChI is InChI=1S/C24H23F4N7O3/c1-38-20-6-15(16(25)11-31-20)17-7-18(34-33-17)22(37)35-5-2-13(8-23(35)3-4-23)21(36)32-12-19-29-9-14(10-30-19)24(26,27)28/h6-7,9-11,13H,2-5,8,12H2,1H3,(H,32,36)(H,33,34)/t13-/m0/s1. The Hall–Kier alpha value is -4.10. The summed E-state index contributed by atoms with van der Waals surface area (Å²) in [7, 11) is 1.41. The molecule has 1 saturated carbocycles. The van der Waals surface area contributed by atoms with Crippen LogP contribution in [0.2, 0.25) is 0 Å². The van der Waals surface area contributed by atoms with Gasteiger partial charge in [0.15, 0.2) is 5.82 Å². The minimum atomic E-state index is -4.54. The van der Waals surface area contributed by atoms with Crippen LogP contribution in [0.5, 0.6) is 5.88 Å². The summed E-state index contributed by atoms with van der Waals surface area (Å²) in [5, 5.41) is 9.46. The first kappa shape index (κ1) is 25.5. The molecule has 3 aromatic rings. The Morgan fingerprint density at radius 2 is 1.92 bits per heavy atom. The van der Waals surface area contributed by atoms with E-state index in [9.17, 15) is 27.2 Å². The number of methoxy groups -OCH3 is 1. The number of amides is 2. The van der Waals surface area contributed by atoms with Gasteiger partial charge in [-0.05, 0) is 31.7 Å². The monoisotopic (exact) mass is 533 g/mol. The lowest BCUT2D eigenvalue weighted by Gasteiger charge is -2.39. The largest absolute Gasteiger partial charge is 0.481 e. The van der Waals surface area contributed by atoms with E-state index in [0.717, 1.165) is 19.0 Å². The summed E-state index contributed by atoms with van der Waals surface area (Å²) in [5.41, 5.74) is -0.852. The Balaban J connectivity index is 1.21. The maximum Gasteiger partial charge on any atom is 0.419 e. The molecule has 0 unspecified atom stereocenters. The van der Waals surface area contributed by atoms with Gasteiger partial charge in [0.05, 0.1) is 31.1 Å². The summed E-state index contributed by atoms with van der Waals surface area (Å²) in [6, 6.07) is 2.86. The predicted molar refractivity (Wildman–Crippen MR) is 123 cm³/mol. The molecule has 1 spiro atoms. The van der Waals surface area contributed by atoms with Gasteiger partial charge >= 0.3 is 6.18 Å². The van der Waals surface area contributed by atoms with Crippen molar-refractivity contribution in [3.63, 3.8) is 0 Å². The maximum absolute atomic E-state index is 14.3. The molecule has 14 heteroatoms. The van der Waals surface area contributed by atoms with Crippen LogP contribution in [-0.4, -0.2) is 61.1 Å². The van der Waals surface area contributed by atoms with Gasteiger partial charge in [-0.1, -0.05) is 0 Å². The number of hydrogen-bond acceptors (Lipinski definition) is 7. The number of aromatic amines is 1. The van der Waals surface area contributed by atoms with E-state index in [1.54, 1.807) is 4.90 Å². The smallest absolute Gasteiger partial charge is 0.419 e. The summed E-state index contributed by atoms with van der Waals surface area (Å²) in [6.45, 7) is 0.232. The normalized spacial score (nSPS) is 18.3. The number of likely N-dealkylation sites (tertiary alicyclic amines) is 1. The topological polar surface area (TPSA) is 126 Å². The highest BCUT2D eigenvalue weighted by Crippen LogP contribution is 2.50. The van der Waals surface area contributed by atoms with Gasteiger partial charge in [-0.25, -0.2) is 19.3 Å². The second kappa shape index (κ2) is 9.65. The number of nitrogens with one attached hydrogen (secondary N) is 2. The molecule has 38 heavy (non-hydrogen) atoms. The summed E-state index contributed by atoms with van der Waals surface area (Å²) in [5.74, 6) is -1.26. The third kappa shape index (κ3) is 5.02. The quantitative estimate of drug-likeness (QED) is 0.467. The minimum Gasteiger partial charge on any atom is -0.481 e. The molecule has 1 aliphatic heterocycles. The Morgan fingerprint density at radius 3 is 2.58 bits per heavy atom. The fourth-order valence-corrected chi connectivity index (χ4v) is 4.70. The van der Waals surface area contributed by atoms with E-state index in [0.29, 0.717) is 31.8 Å². The maximum atomic E-state index is 14.3. The van der Waals surface area contributed by atoms with E-state index in [1.165, 1.54) is 19.2 Å². The van der Waals surface area contributed by atoms with Crippen molar-refractivity contribution in [1.29, 1.82) is 0 Å². The zero-order valence-corrected chi connectivity index (χ0v) is 20.2. The third-order valence-corrected chi connectivity index (χ3v) is 6.92. The molecule has 1 atom stereocenters. The number of nitrogens with zero attached hydrogens (tertiary/aromatic N) is 5. The van der Waals surface area contributed by atoms with Crippen LogP contribution < -0.4 is 10.1 Å². The molecule has 0 bridgehead atoms. The Kier molecular flexibility index (Phi) is 6.49. The Morgan fingerprint density at radius 1 is 1.18 bits per heavy atom. The number of H-pyrrole nitrogens is 1. The van der Waals surface area contributed by atoms with E-state index in [1.807, 2.05) is 0 Å². The first-order chi connectivity index (χ1) is 18.1. The van der Waals surface area contributed by atoms with Gasteiger partial charge in [-0.2, -0.15) is 18.3 Å². The molecule has 5 rings (SSSR count). The average Bonchev–Trinajstić information content (AvgIpc) is 3.48. The molecule has 1 aliphatic carbocycles. The molecular formula is C24H23F4N7O3. The van der Waals surface area contributed by atoms with Crippen molar-refractivity contribution >= 4 is 11.8 Å². The molecule has 0 radical (unpaired) electrons. The number of halogens is 4. The van der Waals surface area contributed by atoms with Gasteiger partial charge in [-0.3, -0.25) is 14.7 Å². The lowest BCUT2D eigenvalue weighted by Crippen LogP contribution is -2.50. The summed E-state index contributed by atoms with van der Waals surface area (Å²) in [6.07, 6.45) is 0.176. The van der Waals surface area contributed by atoms with Gasteiger partial charge in [0.25, 0.3) is 5.91 Å². The van der Waals surface area contributed by atoms with Crippen LogP contribution in [0.3, 0.4) is 0 Å². The van der Waals surface area contributed by atoms with Crippen LogP contribution in [0.25, 0.3) is 11.3 Å². The number of carbonyl (C=O) groups is 2. The van der Waals surface area contributed by atoms with Crippen LogP contribution in [-0.2, 0) is 17.5 Å². The van der Waals surface area contributed by atoms with Crippen LogP contribution >= 0.6 is 0 Å². The van der Waals surface area contributed by atoms with Crippen LogP contribution in [0.1, 0.15) is 47.6 Å². The van der Waals surface area contributed by atoms with Gasteiger partial charge in [-0.15, -0.1) is 0 Å². The van der Waals surface area contributed by atoms with Crippen molar-refractivity contribution in [1.82, 2.24) is 35.4 Å². The number of piperidine rings is 1. The van der Waals surface area contributed by atoms with E-state index in [-0.39, 0.29) is 52.9 Å². The van der Waals surface area contributed by atoms with Crippen molar-refractivity contribution in [2.45, 2.75) is 43.9 Å². The van der Waals surface area contributed by atoms with Gasteiger partial charge < -0.3 is 15.0 Å². The Bertz CT molecular complexity index is 1360. The SMILES string of the molecule is COc1cc(-c2cc(C(=O)N3CC[C@H](C(=O)NCc4ncc(C(F)(F)F)cn4)CC34CC4)[nH]n2)c(F)cn1. The van der Waals surface area contributed by atoms with Gasteiger partial charge in [0.2, 0.25) is 11.8 Å². The molecule has 1 saturated heterocycles. The second-order valence-electron chi connectivity index (χ2n) is 9.35. The van der Waals surface area contributed by atoms with Crippen LogP contribution in [0.4, 0.5) is 17.6 Å². The molecular weight excluding hydrogens is 510 g/mol. The lowest BCUT2D eigenvalue weighted by atomic mass is 9.88. The van der Waals surface area contributed by atoms with Crippen LogP contribution in [0.15, 0.2) is 30.7 Å². The Labute approximate surface area is 213 Å². The highest BCUT2D eigenvalue weighted by Gasteiger charge is 2.54. The number of rotatable bonds is 6. The number of carbonyl (C=O) groups excluding carboxylic acids is 2. The first-order valence-corrected chi connectivity index (χ1v) is 11.8. The van der Waals surface area contributed by atoms with Crippen molar-refractivity contribution in [3.05, 3.63) is 53.6 Å². The molecule has 2 N–H and O–H groups in total. The number of aromatic nitrogens is 5. The minimum absolute atomic E-state index is 0.0680. The summed E-state index contributed by atoms with van der Waals surface area (Å²) >= 11 is 0.